The Kier molecular flexibility index (Phi) is 2.77. The van der Waals surface area contributed by atoms with E-state index in [2.05, 4.69) is 17.1 Å². The molecule has 2 aromatic rings. The van der Waals surface area contributed by atoms with E-state index in [1.54, 1.807) is 11.5 Å². The van der Waals surface area contributed by atoms with E-state index in [-0.39, 0.29) is 11.6 Å². The van der Waals surface area contributed by atoms with Crippen molar-refractivity contribution < 1.29 is 4.52 Å². The van der Waals surface area contributed by atoms with Crippen molar-refractivity contribution in [2.45, 2.75) is 39.7 Å². The van der Waals surface area contributed by atoms with Crippen molar-refractivity contribution in [2.24, 2.45) is 0 Å². The van der Waals surface area contributed by atoms with E-state index in [9.17, 15) is 4.79 Å². The molecule has 2 heterocycles. The fourth-order valence-electron chi connectivity index (χ4n) is 1.86. The van der Waals surface area contributed by atoms with E-state index in [1.165, 1.54) is 6.33 Å². The molecule has 16 heavy (non-hydrogen) atoms. The molecule has 5 heteroatoms. The van der Waals surface area contributed by atoms with Gasteiger partial charge in [0.15, 0.2) is 0 Å². The molecule has 0 amide bonds. The van der Waals surface area contributed by atoms with Gasteiger partial charge in [-0.05, 0) is 20.3 Å². The molecule has 0 saturated carbocycles. The topological polar surface area (TPSA) is 60.9 Å². The Morgan fingerprint density at radius 2 is 2.31 bits per heavy atom. The first-order valence-electron chi connectivity index (χ1n) is 5.48. The fourth-order valence-corrected chi connectivity index (χ4v) is 1.86. The van der Waals surface area contributed by atoms with Gasteiger partial charge in [0, 0.05) is 6.04 Å². The predicted molar refractivity (Wildman–Crippen MR) is 60.4 cm³/mol. The highest BCUT2D eigenvalue weighted by molar-refractivity contribution is 5.73. The van der Waals surface area contributed by atoms with Crippen LogP contribution in [0, 0.1) is 6.92 Å². The summed E-state index contributed by atoms with van der Waals surface area (Å²) < 4.78 is 6.60. The van der Waals surface area contributed by atoms with Crippen molar-refractivity contribution in [2.75, 3.05) is 0 Å². The number of rotatable bonds is 3. The van der Waals surface area contributed by atoms with Gasteiger partial charge in [0.25, 0.3) is 11.3 Å². The zero-order chi connectivity index (χ0) is 11.7. The van der Waals surface area contributed by atoms with Crippen molar-refractivity contribution in [3.05, 3.63) is 22.4 Å². The Balaban J connectivity index is 2.60. The highest BCUT2D eigenvalue weighted by Gasteiger charge is 2.14. The standard InChI is InChI=1S/C11H15N3O2/c1-4-5-7(2)14-6-12-10-9(11(14)15)8(3)13-16-10/h6-7H,4-5H2,1-3H3. The SMILES string of the molecule is CCCC(C)n1cnc2onc(C)c2c1=O. The Morgan fingerprint density at radius 3 is 3.00 bits per heavy atom. The van der Waals surface area contributed by atoms with E-state index in [4.69, 9.17) is 4.52 Å². The lowest BCUT2D eigenvalue weighted by Gasteiger charge is -2.12. The quantitative estimate of drug-likeness (QED) is 0.795. The van der Waals surface area contributed by atoms with Gasteiger partial charge in [-0.3, -0.25) is 9.36 Å². The first kappa shape index (κ1) is 10.9. The molecule has 0 fully saturated rings. The maximum Gasteiger partial charge on any atom is 0.266 e. The molecule has 1 atom stereocenters. The number of hydrogen-bond acceptors (Lipinski definition) is 4. The second-order valence-corrected chi connectivity index (χ2v) is 4.04. The monoisotopic (exact) mass is 221 g/mol. The zero-order valence-corrected chi connectivity index (χ0v) is 9.73. The predicted octanol–water partition coefficient (Wildman–Crippen LogP) is 2.05. The van der Waals surface area contributed by atoms with Crippen LogP contribution >= 0.6 is 0 Å². The third kappa shape index (κ3) is 1.62. The lowest BCUT2D eigenvalue weighted by atomic mass is 10.2. The van der Waals surface area contributed by atoms with Crippen LogP contribution in [0.2, 0.25) is 0 Å². The summed E-state index contributed by atoms with van der Waals surface area (Å²) in [6.07, 6.45) is 3.53. The van der Waals surface area contributed by atoms with Crippen LogP contribution in [0.4, 0.5) is 0 Å². The first-order valence-corrected chi connectivity index (χ1v) is 5.48. The molecule has 0 aliphatic rings. The van der Waals surface area contributed by atoms with Crippen LogP contribution in [0.15, 0.2) is 15.6 Å². The molecule has 2 rings (SSSR count). The second kappa shape index (κ2) is 4.08. The van der Waals surface area contributed by atoms with Crippen molar-refractivity contribution in [3.8, 4) is 0 Å². The molecule has 5 nitrogen and oxygen atoms in total. The van der Waals surface area contributed by atoms with Crippen LogP contribution in [-0.2, 0) is 0 Å². The Bertz CT molecular complexity index is 556. The van der Waals surface area contributed by atoms with Gasteiger partial charge in [0.2, 0.25) is 0 Å². The average Bonchev–Trinajstić information content (AvgIpc) is 2.62. The summed E-state index contributed by atoms with van der Waals surface area (Å²) in [7, 11) is 0. The van der Waals surface area contributed by atoms with Crippen LogP contribution in [0.3, 0.4) is 0 Å². The van der Waals surface area contributed by atoms with E-state index in [0.717, 1.165) is 12.8 Å². The molecule has 0 aromatic carbocycles. The maximum absolute atomic E-state index is 12.1. The zero-order valence-electron chi connectivity index (χ0n) is 9.73. The van der Waals surface area contributed by atoms with Crippen LogP contribution in [0.5, 0.6) is 0 Å². The van der Waals surface area contributed by atoms with Crippen molar-refractivity contribution in [1.82, 2.24) is 14.7 Å². The summed E-state index contributed by atoms with van der Waals surface area (Å²) >= 11 is 0. The molecule has 86 valence electrons. The third-order valence-electron chi connectivity index (χ3n) is 2.77. The number of nitrogens with zero attached hydrogens (tertiary/aromatic N) is 3. The van der Waals surface area contributed by atoms with E-state index in [1.807, 2.05) is 6.92 Å². The number of fused-ring (bicyclic) bond motifs is 1. The van der Waals surface area contributed by atoms with Gasteiger partial charge in [-0.2, -0.15) is 0 Å². The summed E-state index contributed by atoms with van der Waals surface area (Å²) in [4.78, 5) is 16.2. The fraction of sp³-hybridized carbons (Fsp3) is 0.545. The van der Waals surface area contributed by atoms with Gasteiger partial charge < -0.3 is 4.52 Å². The molecule has 0 saturated heterocycles. The van der Waals surface area contributed by atoms with Crippen molar-refractivity contribution in [3.63, 3.8) is 0 Å². The average molecular weight is 221 g/mol. The molecular formula is C11H15N3O2. The van der Waals surface area contributed by atoms with Crippen LogP contribution in [0.25, 0.3) is 11.1 Å². The molecular weight excluding hydrogens is 206 g/mol. The van der Waals surface area contributed by atoms with Gasteiger partial charge in [-0.1, -0.05) is 18.5 Å². The van der Waals surface area contributed by atoms with Gasteiger partial charge in [0.1, 0.15) is 11.7 Å². The highest BCUT2D eigenvalue weighted by atomic mass is 16.5. The third-order valence-corrected chi connectivity index (χ3v) is 2.77. The van der Waals surface area contributed by atoms with Gasteiger partial charge >= 0.3 is 0 Å². The van der Waals surface area contributed by atoms with E-state index in [0.29, 0.717) is 16.8 Å². The van der Waals surface area contributed by atoms with Crippen LogP contribution in [-0.4, -0.2) is 14.7 Å². The molecule has 1 unspecified atom stereocenters. The minimum Gasteiger partial charge on any atom is -0.335 e. The van der Waals surface area contributed by atoms with Gasteiger partial charge in [-0.25, -0.2) is 4.98 Å². The highest BCUT2D eigenvalue weighted by Crippen LogP contribution is 2.14. The largest absolute Gasteiger partial charge is 0.335 e. The lowest BCUT2D eigenvalue weighted by Crippen LogP contribution is -2.23. The van der Waals surface area contributed by atoms with E-state index < -0.39 is 0 Å². The summed E-state index contributed by atoms with van der Waals surface area (Å²) in [5.74, 6) is 0. The Labute approximate surface area is 93.1 Å². The summed E-state index contributed by atoms with van der Waals surface area (Å²) in [5.41, 5.74) is 0.859. The molecule has 0 spiro atoms. The van der Waals surface area contributed by atoms with Gasteiger partial charge in [0.05, 0.1) is 5.69 Å². The first-order chi connectivity index (χ1) is 7.65. The number of hydrogen-bond donors (Lipinski definition) is 0. The summed E-state index contributed by atoms with van der Waals surface area (Å²) in [5, 5.41) is 4.24. The summed E-state index contributed by atoms with van der Waals surface area (Å²) in [6, 6.07) is 0.156. The number of aromatic nitrogens is 3. The van der Waals surface area contributed by atoms with Crippen molar-refractivity contribution in [1.29, 1.82) is 0 Å². The molecule has 0 aliphatic heterocycles. The minimum absolute atomic E-state index is 0.0651. The van der Waals surface area contributed by atoms with E-state index >= 15 is 0 Å². The van der Waals surface area contributed by atoms with Gasteiger partial charge in [-0.15, -0.1) is 0 Å². The molecule has 0 aliphatic carbocycles. The Hall–Kier alpha value is -1.65. The maximum atomic E-state index is 12.1. The van der Waals surface area contributed by atoms with Crippen LogP contribution in [0.1, 0.15) is 38.4 Å². The molecule has 0 radical (unpaired) electrons. The Morgan fingerprint density at radius 1 is 1.56 bits per heavy atom. The second-order valence-electron chi connectivity index (χ2n) is 4.04. The molecule has 0 bridgehead atoms. The lowest BCUT2D eigenvalue weighted by molar-refractivity contribution is 0.438. The smallest absolute Gasteiger partial charge is 0.266 e. The van der Waals surface area contributed by atoms with Crippen molar-refractivity contribution >= 4 is 11.1 Å². The van der Waals surface area contributed by atoms with Crippen LogP contribution < -0.4 is 5.56 Å². The molecule has 2 aromatic heterocycles. The molecule has 0 N–H and O–H groups in total. The number of aryl methyl sites for hydroxylation is 1. The normalized spacial score (nSPS) is 13.2. The minimum atomic E-state index is -0.0651. The summed E-state index contributed by atoms with van der Waals surface area (Å²) in [6.45, 7) is 5.86.